The Kier molecular flexibility index (Phi) is 4.05. The van der Waals surface area contributed by atoms with Gasteiger partial charge in [-0.1, -0.05) is 12.1 Å². The summed E-state index contributed by atoms with van der Waals surface area (Å²) in [6.45, 7) is 0. The first-order valence-electron chi connectivity index (χ1n) is 5.75. The number of amides is 1. The van der Waals surface area contributed by atoms with Gasteiger partial charge in [0, 0.05) is 11.8 Å². The summed E-state index contributed by atoms with van der Waals surface area (Å²) in [6, 6.07) is 10.2. The van der Waals surface area contributed by atoms with E-state index in [4.69, 9.17) is 5.14 Å². The van der Waals surface area contributed by atoms with Crippen LogP contribution in [0.2, 0.25) is 0 Å². The van der Waals surface area contributed by atoms with Crippen molar-refractivity contribution in [3.05, 3.63) is 58.5 Å². The number of rotatable bonds is 4. The van der Waals surface area contributed by atoms with Gasteiger partial charge in [0.1, 0.15) is 5.69 Å². The van der Waals surface area contributed by atoms with Gasteiger partial charge in [0.2, 0.25) is 5.56 Å². The Morgan fingerprint density at radius 1 is 1.10 bits per heavy atom. The molecule has 0 aliphatic heterocycles. The predicted octanol–water partition coefficient (Wildman–Crippen LogP) is 0.243. The highest BCUT2D eigenvalue weighted by atomic mass is 32.2. The van der Waals surface area contributed by atoms with Gasteiger partial charge in [-0.05, 0) is 24.3 Å². The van der Waals surface area contributed by atoms with Crippen LogP contribution in [0.15, 0.2) is 47.3 Å². The quantitative estimate of drug-likeness (QED) is 0.643. The number of pyridine rings is 1. The average molecular weight is 308 g/mol. The summed E-state index contributed by atoms with van der Waals surface area (Å²) < 4.78 is 23.9. The van der Waals surface area contributed by atoms with Crippen molar-refractivity contribution >= 4 is 27.5 Å². The van der Waals surface area contributed by atoms with Crippen LogP contribution >= 0.6 is 0 Å². The lowest BCUT2D eigenvalue weighted by molar-refractivity contribution is 0.102. The van der Waals surface area contributed by atoms with Crippen molar-refractivity contribution in [2.45, 2.75) is 0 Å². The molecule has 110 valence electrons. The maximum Gasteiger partial charge on any atom is 0.296 e. The molecule has 2 aromatic rings. The van der Waals surface area contributed by atoms with Gasteiger partial charge in [-0.15, -0.1) is 0 Å². The lowest BCUT2D eigenvalue weighted by atomic mass is 10.2. The minimum Gasteiger partial charge on any atom is -0.321 e. The Hall–Kier alpha value is -2.65. The smallest absolute Gasteiger partial charge is 0.296 e. The zero-order chi connectivity index (χ0) is 15.5. The number of H-pyrrole nitrogens is 1. The zero-order valence-corrected chi connectivity index (χ0v) is 11.5. The molecule has 1 aromatic carbocycles. The highest BCUT2D eigenvalue weighted by Crippen LogP contribution is 2.16. The number of anilines is 2. The molecule has 1 aromatic heterocycles. The molecule has 9 heteroatoms. The fraction of sp³-hybridized carbons (Fsp3) is 0. The van der Waals surface area contributed by atoms with Crippen molar-refractivity contribution < 1.29 is 13.2 Å². The normalized spacial score (nSPS) is 10.9. The maximum absolute atomic E-state index is 11.9. The summed E-state index contributed by atoms with van der Waals surface area (Å²) in [7, 11) is -3.89. The molecule has 0 aliphatic carbocycles. The minimum atomic E-state index is -3.89. The number of aromatic amines is 1. The molecule has 1 amide bonds. The van der Waals surface area contributed by atoms with Crippen molar-refractivity contribution in [2.75, 3.05) is 10.0 Å². The van der Waals surface area contributed by atoms with Gasteiger partial charge >= 0.3 is 0 Å². The third-order valence-electron chi connectivity index (χ3n) is 2.39. The molecule has 21 heavy (non-hydrogen) atoms. The summed E-state index contributed by atoms with van der Waals surface area (Å²) in [5.41, 5.74) is 0.245. The second kappa shape index (κ2) is 5.77. The van der Waals surface area contributed by atoms with Crippen LogP contribution < -0.4 is 20.7 Å². The first-order valence-corrected chi connectivity index (χ1v) is 7.29. The van der Waals surface area contributed by atoms with Gasteiger partial charge < -0.3 is 10.3 Å². The van der Waals surface area contributed by atoms with E-state index in [0.29, 0.717) is 5.69 Å². The van der Waals surface area contributed by atoms with E-state index in [1.54, 1.807) is 6.07 Å². The second-order valence-electron chi connectivity index (χ2n) is 4.11. The largest absolute Gasteiger partial charge is 0.321 e. The van der Waals surface area contributed by atoms with E-state index in [0.717, 1.165) is 0 Å². The van der Waals surface area contributed by atoms with E-state index in [2.05, 4.69) is 15.0 Å². The van der Waals surface area contributed by atoms with Crippen molar-refractivity contribution in [1.82, 2.24) is 4.98 Å². The monoisotopic (exact) mass is 308 g/mol. The molecule has 0 saturated carbocycles. The van der Waals surface area contributed by atoms with Crippen molar-refractivity contribution in [1.29, 1.82) is 0 Å². The van der Waals surface area contributed by atoms with Gasteiger partial charge in [-0.2, -0.15) is 8.42 Å². The van der Waals surface area contributed by atoms with Crippen LogP contribution in [0.1, 0.15) is 10.5 Å². The summed E-state index contributed by atoms with van der Waals surface area (Å²) in [5, 5.41) is 7.39. The first kappa shape index (κ1) is 14.8. The summed E-state index contributed by atoms with van der Waals surface area (Å²) in [6.07, 6.45) is 0. The van der Waals surface area contributed by atoms with E-state index in [1.807, 2.05) is 0 Å². The summed E-state index contributed by atoms with van der Waals surface area (Å²) in [4.78, 5) is 25.4. The van der Waals surface area contributed by atoms with Crippen molar-refractivity contribution in [3.8, 4) is 0 Å². The molecule has 0 radical (unpaired) electrons. The van der Waals surface area contributed by atoms with Crippen molar-refractivity contribution in [2.24, 2.45) is 5.14 Å². The molecule has 8 nitrogen and oxygen atoms in total. The number of aromatic nitrogens is 1. The molecular formula is C12H12N4O4S. The molecule has 1 heterocycles. The molecular weight excluding hydrogens is 296 g/mol. The summed E-state index contributed by atoms with van der Waals surface area (Å²) >= 11 is 0. The maximum atomic E-state index is 11.9. The minimum absolute atomic E-state index is 0.0901. The van der Waals surface area contributed by atoms with E-state index < -0.39 is 21.7 Å². The second-order valence-corrected chi connectivity index (χ2v) is 5.40. The molecule has 2 rings (SSSR count). The predicted molar refractivity (Wildman–Crippen MR) is 78.2 cm³/mol. The SMILES string of the molecule is NS(=O)(=O)Nc1cccc(NC(=O)c2cccc(=O)[nH]2)c1. The summed E-state index contributed by atoms with van der Waals surface area (Å²) in [5.74, 6) is -0.527. The Morgan fingerprint density at radius 2 is 1.76 bits per heavy atom. The van der Waals surface area contributed by atoms with Crippen molar-refractivity contribution in [3.63, 3.8) is 0 Å². The first-order chi connectivity index (χ1) is 9.83. The van der Waals surface area contributed by atoms with Crippen LogP contribution in [-0.2, 0) is 10.2 Å². The lowest BCUT2D eigenvalue weighted by Crippen LogP contribution is -2.22. The van der Waals surface area contributed by atoms with E-state index in [-0.39, 0.29) is 11.4 Å². The van der Waals surface area contributed by atoms with Crippen LogP contribution in [0.5, 0.6) is 0 Å². The molecule has 0 unspecified atom stereocenters. The third kappa shape index (κ3) is 4.44. The number of benzene rings is 1. The molecule has 0 spiro atoms. The van der Waals surface area contributed by atoms with Crippen LogP contribution in [0, 0.1) is 0 Å². The molecule has 0 saturated heterocycles. The Morgan fingerprint density at radius 3 is 2.43 bits per heavy atom. The lowest BCUT2D eigenvalue weighted by Gasteiger charge is -2.08. The van der Waals surface area contributed by atoms with E-state index in [1.165, 1.54) is 36.4 Å². The number of carbonyl (C=O) groups is 1. The van der Waals surface area contributed by atoms with Gasteiger partial charge in [-0.3, -0.25) is 14.3 Å². The van der Waals surface area contributed by atoms with Crippen LogP contribution in [0.25, 0.3) is 0 Å². The Labute approximate surface area is 120 Å². The van der Waals surface area contributed by atoms with Gasteiger partial charge in [0.05, 0.1) is 5.69 Å². The number of nitrogens with two attached hydrogens (primary N) is 1. The van der Waals surface area contributed by atoms with Gasteiger partial charge in [0.15, 0.2) is 0 Å². The highest BCUT2D eigenvalue weighted by Gasteiger charge is 2.08. The van der Waals surface area contributed by atoms with E-state index in [9.17, 15) is 18.0 Å². The van der Waals surface area contributed by atoms with Gasteiger partial charge in [0.25, 0.3) is 16.1 Å². The third-order valence-corrected chi connectivity index (χ3v) is 2.91. The molecule has 0 aliphatic rings. The molecule has 5 N–H and O–H groups in total. The Balaban J connectivity index is 2.18. The number of hydrogen-bond acceptors (Lipinski definition) is 4. The number of nitrogens with one attached hydrogen (secondary N) is 3. The number of hydrogen-bond donors (Lipinski definition) is 4. The molecule has 0 fully saturated rings. The molecule has 0 atom stereocenters. The van der Waals surface area contributed by atoms with Crippen LogP contribution in [0.4, 0.5) is 11.4 Å². The standard InChI is InChI=1S/C12H12N4O4S/c13-21(19,20)16-9-4-1-3-8(7-9)14-12(18)10-5-2-6-11(17)15-10/h1-7,16H,(H,14,18)(H,15,17)(H2,13,19,20). The molecule has 0 bridgehead atoms. The fourth-order valence-corrected chi connectivity index (χ4v) is 2.06. The van der Waals surface area contributed by atoms with E-state index >= 15 is 0 Å². The average Bonchev–Trinajstić information content (AvgIpc) is 2.37. The zero-order valence-electron chi connectivity index (χ0n) is 10.7. The topological polar surface area (TPSA) is 134 Å². The van der Waals surface area contributed by atoms with Crippen LogP contribution in [0.3, 0.4) is 0 Å². The fourth-order valence-electron chi connectivity index (χ4n) is 1.60. The number of carbonyl (C=O) groups excluding carboxylic acids is 1. The Bertz CT molecular complexity index is 829. The van der Waals surface area contributed by atoms with Crippen LogP contribution in [-0.4, -0.2) is 19.3 Å². The van der Waals surface area contributed by atoms with Gasteiger partial charge in [-0.25, -0.2) is 5.14 Å². The highest BCUT2D eigenvalue weighted by molar-refractivity contribution is 7.90.